The van der Waals surface area contributed by atoms with E-state index in [1.807, 2.05) is 0 Å². The molecule has 1 aliphatic heterocycles. The molecule has 2 aliphatic rings. The molecule has 1 atom stereocenters. The van der Waals surface area contributed by atoms with Gasteiger partial charge in [-0.1, -0.05) is 44.2 Å². The summed E-state index contributed by atoms with van der Waals surface area (Å²) in [5.74, 6) is 0.854. The van der Waals surface area contributed by atoms with Crippen molar-refractivity contribution in [2.45, 2.75) is 52.2 Å². The molecule has 1 aromatic rings. The van der Waals surface area contributed by atoms with Crippen LogP contribution in [0.3, 0.4) is 0 Å². The van der Waals surface area contributed by atoms with Crippen molar-refractivity contribution >= 4 is 5.91 Å². The van der Waals surface area contributed by atoms with Gasteiger partial charge in [0.2, 0.25) is 5.91 Å². The molecule has 1 unspecified atom stereocenters. The molecule has 138 valence electrons. The minimum absolute atomic E-state index is 0.334. The van der Waals surface area contributed by atoms with Crippen LogP contribution in [-0.4, -0.2) is 65.4 Å². The Morgan fingerprint density at radius 3 is 2.20 bits per heavy atom. The molecule has 3 rings (SSSR count). The van der Waals surface area contributed by atoms with Gasteiger partial charge in [-0.15, -0.1) is 0 Å². The Bertz CT molecular complexity index is 548. The third-order valence-electron chi connectivity index (χ3n) is 5.70. The maximum absolute atomic E-state index is 12.9. The normalized spacial score (nSPS) is 20.6. The predicted molar refractivity (Wildman–Crippen MR) is 102 cm³/mol. The third-order valence-corrected chi connectivity index (χ3v) is 5.70. The minimum Gasteiger partial charge on any atom is -0.336 e. The van der Waals surface area contributed by atoms with Gasteiger partial charge in [-0.2, -0.15) is 0 Å². The zero-order valence-corrected chi connectivity index (χ0v) is 16.0. The number of carbonyl (C=O) groups excluding carboxylic acids is 1. The molecule has 1 heterocycles. The third kappa shape index (κ3) is 5.05. The Labute approximate surface area is 152 Å². The zero-order valence-electron chi connectivity index (χ0n) is 16.0. The van der Waals surface area contributed by atoms with Crippen LogP contribution in [0.5, 0.6) is 0 Å². The average molecular weight is 344 g/mol. The van der Waals surface area contributed by atoms with Crippen molar-refractivity contribution in [3.8, 4) is 0 Å². The van der Waals surface area contributed by atoms with Crippen LogP contribution >= 0.6 is 0 Å². The number of nitrogens with zero attached hydrogens (tertiary/aromatic N) is 3. The molecule has 0 radical (unpaired) electrons. The van der Waals surface area contributed by atoms with Crippen LogP contribution < -0.4 is 0 Å². The van der Waals surface area contributed by atoms with Crippen molar-refractivity contribution in [1.29, 1.82) is 0 Å². The summed E-state index contributed by atoms with van der Waals surface area (Å²) < 4.78 is 0. The van der Waals surface area contributed by atoms with Gasteiger partial charge in [0.05, 0.1) is 6.54 Å². The molecular weight excluding hydrogens is 310 g/mol. The van der Waals surface area contributed by atoms with Crippen molar-refractivity contribution in [2.75, 3.05) is 32.7 Å². The van der Waals surface area contributed by atoms with E-state index in [1.165, 1.54) is 18.4 Å². The van der Waals surface area contributed by atoms with Gasteiger partial charge in [-0.25, -0.2) is 0 Å². The number of hydrogen-bond acceptors (Lipinski definition) is 3. The van der Waals surface area contributed by atoms with Crippen LogP contribution in [0.4, 0.5) is 0 Å². The van der Waals surface area contributed by atoms with E-state index in [0.717, 1.165) is 32.7 Å². The van der Waals surface area contributed by atoms with E-state index >= 15 is 0 Å². The van der Waals surface area contributed by atoms with Gasteiger partial charge >= 0.3 is 0 Å². The summed E-state index contributed by atoms with van der Waals surface area (Å²) in [6.45, 7) is 12.3. The van der Waals surface area contributed by atoms with E-state index in [2.05, 4.69) is 65.8 Å². The SMILES string of the molecule is CC(C)C(C)N(C(=O)CN1CCN(Cc2ccccc2)CC1)C1CC1. The molecule has 1 aromatic carbocycles. The fraction of sp³-hybridized carbons (Fsp3) is 0.667. The summed E-state index contributed by atoms with van der Waals surface area (Å²) in [6, 6.07) is 11.5. The Morgan fingerprint density at radius 1 is 1.04 bits per heavy atom. The molecule has 4 heteroatoms. The van der Waals surface area contributed by atoms with Crippen LogP contribution in [0.25, 0.3) is 0 Å². The van der Waals surface area contributed by atoms with Crippen LogP contribution in [0.2, 0.25) is 0 Å². The summed E-state index contributed by atoms with van der Waals surface area (Å²) in [7, 11) is 0. The van der Waals surface area contributed by atoms with Gasteiger partial charge in [-0.3, -0.25) is 14.6 Å². The summed E-state index contributed by atoms with van der Waals surface area (Å²) in [5, 5.41) is 0. The predicted octanol–water partition coefficient (Wildman–Crippen LogP) is 2.84. The molecule has 4 nitrogen and oxygen atoms in total. The number of amides is 1. The number of benzene rings is 1. The highest BCUT2D eigenvalue weighted by molar-refractivity contribution is 5.79. The van der Waals surface area contributed by atoms with Crippen molar-refractivity contribution in [2.24, 2.45) is 5.92 Å². The molecule has 1 saturated heterocycles. The van der Waals surface area contributed by atoms with Gasteiger partial charge in [0, 0.05) is 44.8 Å². The maximum Gasteiger partial charge on any atom is 0.237 e. The first-order valence-electron chi connectivity index (χ1n) is 9.84. The van der Waals surface area contributed by atoms with Gasteiger partial charge in [-0.05, 0) is 31.2 Å². The fourth-order valence-corrected chi connectivity index (χ4v) is 3.66. The Morgan fingerprint density at radius 2 is 1.64 bits per heavy atom. The average Bonchev–Trinajstić information content (AvgIpc) is 3.42. The van der Waals surface area contributed by atoms with Crippen LogP contribution in [0, 0.1) is 5.92 Å². The van der Waals surface area contributed by atoms with Crippen molar-refractivity contribution in [3.05, 3.63) is 35.9 Å². The molecule has 0 spiro atoms. The van der Waals surface area contributed by atoms with Gasteiger partial charge in [0.1, 0.15) is 0 Å². The van der Waals surface area contributed by atoms with Gasteiger partial charge < -0.3 is 4.90 Å². The van der Waals surface area contributed by atoms with Crippen LogP contribution in [-0.2, 0) is 11.3 Å². The lowest BCUT2D eigenvalue weighted by Gasteiger charge is -2.37. The lowest BCUT2D eigenvalue weighted by atomic mass is 10.0. The van der Waals surface area contributed by atoms with E-state index in [-0.39, 0.29) is 0 Å². The minimum atomic E-state index is 0.334. The van der Waals surface area contributed by atoms with Crippen LogP contribution in [0.15, 0.2) is 30.3 Å². The second-order valence-corrected chi connectivity index (χ2v) is 8.05. The van der Waals surface area contributed by atoms with Crippen molar-refractivity contribution in [3.63, 3.8) is 0 Å². The molecule has 0 bridgehead atoms. The molecule has 0 N–H and O–H groups in total. The monoisotopic (exact) mass is 343 g/mol. The zero-order chi connectivity index (χ0) is 17.8. The van der Waals surface area contributed by atoms with E-state index < -0.39 is 0 Å². The second kappa shape index (κ2) is 8.33. The largest absolute Gasteiger partial charge is 0.336 e. The molecule has 2 fully saturated rings. The number of hydrogen-bond donors (Lipinski definition) is 0. The smallest absolute Gasteiger partial charge is 0.237 e. The topological polar surface area (TPSA) is 26.8 Å². The quantitative estimate of drug-likeness (QED) is 0.762. The Kier molecular flexibility index (Phi) is 6.13. The van der Waals surface area contributed by atoms with Crippen molar-refractivity contribution in [1.82, 2.24) is 14.7 Å². The standard InChI is InChI=1S/C21H33N3O/c1-17(2)18(3)24(20-9-10-20)21(25)16-23-13-11-22(12-14-23)15-19-7-5-4-6-8-19/h4-8,17-18,20H,9-16H2,1-3H3. The van der Waals surface area contributed by atoms with E-state index in [1.54, 1.807) is 0 Å². The maximum atomic E-state index is 12.9. The number of rotatable bonds is 7. The lowest BCUT2D eigenvalue weighted by Crippen LogP contribution is -2.52. The summed E-state index contributed by atoms with van der Waals surface area (Å²) in [6.07, 6.45) is 2.38. The highest BCUT2D eigenvalue weighted by atomic mass is 16.2. The molecule has 25 heavy (non-hydrogen) atoms. The summed E-state index contributed by atoms with van der Waals surface area (Å²) in [5.41, 5.74) is 1.37. The molecule has 1 saturated carbocycles. The first-order valence-corrected chi connectivity index (χ1v) is 9.84. The van der Waals surface area contributed by atoms with E-state index in [4.69, 9.17) is 0 Å². The lowest BCUT2D eigenvalue weighted by molar-refractivity contribution is -0.136. The first kappa shape index (κ1) is 18.4. The Hall–Kier alpha value is -1.39. The fourth-order valence-electron chi connectivity index (χ4n) is 3.66. The molecular formula is C21H33N3O. The Balaban J connectivity index is 1.47. The molecule has 1 amide bonds. The number of piperazine rings is 1. The summed E-state index contributed by atoms with van der Waals surface area (Å²) in [4.78, 5) is 19.9. The second-order valence-electron chi connectivity index (χ2n) is 8.05. The van der Waals surface area contributed by atoms with Crippen molar-refractivity contribution < 1.29 is 4.79 Å². The summed E-state index contributed by atoms with van der Waals surface area (Å²) >= 11 is 0. The molecule has 0 aromatic heterocycles. The molecule has 1 aliphatic carbocycles. The van der Waals surface area contributed by atoms with E-state index in [9.17, 15) is 4.79 Å². The van der Waals surface area contributed by atoms with Gasteiger partial charge in [0.25, 0.3) is 0 Å². The first-order chi connectivity index (χ1) is 12.0. The van der Waals surface area contributed by atoms with E-state index in [0.29, 0.717) is 30.5 Å². The van der Waals surface area contributed by atoms with Crippen LogP contribution in [0.1, 0.15) is 39.2 Å². The van der Waals surface area contributed by atoms with Gasteiger partial charge in [0.15, 0.2) is 0 Å². The number of carbonyl (C=O) groups is 1. The highest BCUT2D eigenvalue weighted by Gasteiger charge is 2.37. The highest BCUT2D eigenvalue weighted by Crippen LogP contribution is 2.30.